The van der Waals surface area contributed by atoms with Gasteiger partial charge in [0.05, 0.1) is 0 Å². The summed E-state index contributed by atoms with van der Waals surface area (Å²) >= 11 is 0. The highest BCUT2D eigenvalue weighted by Crippen LogP contribution is 2.15. The zero-order chi connectivity index (χ0) is 18.4. The van der Waals surface area contributed by atoms with Crippen LogP contribution in [-0.2, 0) is 0 Å². The Morgan fingerprint density at radius 1 is 1.12 bits per heavy atom. The number of aromatic nitrogens is 1. The summed E-state index contributed by atoms with van der Waals surface area (Å²) in [5.74, 6) is -0.424. The molecule has 25 heavy (non-hydrogen) atoms. The fourth-order valence-electron chi connectivity index (χ4n) is 2.65. The van der Waals surface area contributed by atoms with Gasteiger partial charge in [-0.3, -0.25) is 14.6 Å². The van der Waals surface area contributed by atoms with Gasteiger partial charge in [0.15, 0.2) is 0 Å². The number of carbonyl (C=O) groups is 2. The third-order valence-corrected chi connectivity index (χ3v) is 3.91. The predicted octanol–water partition coefficient (Wildman–Crippen LogP) is 3.82. The third-order valence-electron chi connectivity index (χ3n) is 3.91. The number of nitrogens with one attached hydrogen (secondary N) is 1. The summed E-state index contributed by atoms with van der Waals surface area (Å²) in [6, 6.07) is 9.03. The van der Waals surface area contributed by atoms with Gasteiger partial charge in [0.25, 0.3) is 11.8 Å². The van der Waals surface area contributed by atoms with Gasteiger partial charge in [-0.2, -0.15) is 0 Å². The molecule has 1 aromatic carbocycles. The molecule has 1 N–H and O–H groups in total. The van der Waals surface area contributed by atoms with Crippen LogP contribution in [0.4, 0.5) is 5.69 Å². The molecular formula is C20H25N3O2. The molecule has 0 aliphatic rings. The van der Waals surface area contributed by atoms with Crippen molar-refractivity contribution in [2.75, 3.05) is 18.9 Å². The van der Waals surface area contributed by atoms with Gasteiger partial charge in [0.2, 0.25) is 0 Å². The standard InChI is InChI=1S/C20H25N3O2/c1-5-6-9-23(4)20(25)16-7-8-21-18(13-16)19(24)22-17-11-14(2)10-15(3)12-17/h7-8,10-13H,5-6,9H2,1-4H3,(H,22,24). The van der Waals surface area contributed by atoms with Crippen LogP contribution in [0.3, 0.4) is 0 Å². The quantitative estimate of drug-likeness (QED) is 0.870. The summed E-state index contributed by atoms with van der Waals surface area (Å²) in [6.45, 7) is 6.74. The molecule has 0 fully saturated rings. The summed E-state index contributed by atoms with van der Waals surface area (Å²) in [4.78, 5) is 30.7. The Morgan fingerprint density at radius 2 is 1.80 bits per heavy atom. The normalized spacial score (nSPS) is 10.4. The van der Waals surface area contributed by atoms with E-state index in [4.69, 9.17) is 0 Å². The topological polar surface area (TPSA) is 62.3 Å². The minimum Gasteiger partial charge on any atom is -0.342 e. The fraction of sp³-hybridized carbons (Fsp3) is 0.350. The van der Waals surface area contributed by atoms with Crippen LogP contribution in [0.2, 0.25) is 0 Å². The summed E-state index contributed by atoms with van der Waals surface area (Å²) in [7, 11) is 1.77. The molecule has 5 heteroatoms. The molecule has 132 valence electrons. The van der Waals surface area contributed by atoms with Crippen LogP contribution >= 0.6 is 0 Å². The Balaban J connectivity index is 2.14. The number of unbranched alkanes of at least 4 members (excludes halogenated alkanes) is 1. The lowest BCUT2D eigenvalue weighted by Crippen LogP contribution is -2.28. The van der Waals surface area contributed by atoms with Gasteiger partial charge in [0, 0.05) is 31.0 Å². The highest BCUT2D eigenvalue weighted by atomic mass is 16.2. The number of amides is 2. The fourth-order valence-corrected chi connectivity index (χ4v) is 2.65. The largest absolute Gasteiger partial charge is 0.342 e. The van der Waals surface area contributed by atoms with E-state index in [9.17, 15) is 9.59 Å². The lowest BCUT2D eigenvalue weighted by Gasteiger charge is -2.17. The molecule has 2 amide bonds. The molecule has 0 saturated carbocycles. The van der Waals surface area contributed by atoms with Gasteiger partial charge >= 0.3 is 0 Å². The molecule has 2 aromatic rings. The Hall–Kier alpha value is -2.69. The second-order valence-electron chi connectivity index (χ2n) is 6.34. The average Bonchev–Trinajstić information content (AvgIpc) is 2.58. The maximum absolute atomic E-state index is 12.5. The second kappa shape index (κ2) is 8.42. The summed E-state index contributed by atoms with van der Waals surface area (Å²) < 4.78 is 0. The van der Waals surface area contributed by atoms with E-state index in [0.29, 0.717) is 12.1 Å². The molecule has 1 heterocycles. The van der Waals surface area contributed by atoms with Gasteiger partial charge in [-0.15, -0.1) is 0 Å². The maximum Gasteiger partial charge on any atom is 0.274 e. The van der Waals surface area contributed by atoms with E-state index in [-0.39, 0.29) is 17.5 Å². The minimum atomic E-state index is -0.323. The number of hydrogen-bond donors (Lipinski definition) is 1. The number of hydrogen-bond acceptors (Lipinski definition) is 3. The third kappa shape index (κ3) is 5.14. The van der Waals surface area contributed by atoms with Crippen molar-refractivity contribution in [1.82, 2.24) is 9.88 Å². The van der Waals surface area contributed by atoms with Crippen LogP contribution in [-0.4, -0.2) is 35.3 Å². The van der Waals surface area contributed by atoms with Crippen molar-refractivity contribution in [3.63, 3.8) is 0 Å². The number of nitrogens with zero attached hydrogens (tertiary/aromatic N) is 2. The second-order valence-corrected chi connectivity index (χ2v) is 6.34. The average molecular weight is 339 g/mol. The van der Waals surface area contributed by atoms with Crippen molar-refractivity contribution in [3.05, 3.63) is 58.9 Å². The molecular weight excluding hydrogens is 314 g/mol. The number of aryl methyl sites for hydroxylation is 2. The Labute approximate surface area is 149 Å². The van der Waals surface area contributed by atoms with E-state index < -0.39 is 0 Å². The summed E-state index contributed by atoms with van der Waals surface area (Å²) in [5, 5.41) is 2.84. The van der Waals surface area contributed by atoms with Gasteiger partial charge < -0.3 is 10.2 Å². The molecule has 0 spiro atoms. The monoisotopic (exact) mass is 339 g/mol. The van der Waals surface area contributed by atoms with Crippen molar-refractivity contribution in [2.24, 2.45) is 0 Å². The van der Waals surface area contributed by atoms with Gasteiger partial charge in [-0.05, 0) is 55.7 Å². The molecule has 0 saturated heterocycles. The Morgan fingerprint density at radius 3 is 2.44 bits per heavy atom. The van der Waals surface area contributed by atoms with Crippen LogP contribution in [0.15, 0.2) is 36.5 Å². The zero-order valence-corrected chi connectivity index (χ0v) is 15.3. The highest BCUT2D eigenvalue weighted by Gasteiger charge is 2.15. The smallest absolute Gasteiger partial charge is 0.274 e. The van der Waals surface area contributed by atoms with Crippen molar-refractivity contribution in [1.29, 1.82) is 0 Å². The van der Waals surface area contributed by atoms with Crippen LogP contribution in [0.5, 0.6) is 0 Å². The lowest BCUT2D eigenvalue weighted by molar-refractivity contribution is 0.0793. The molecule has 0 aliphatic carbocycles. The molecule has 0 aliphatic heterocycles. The Bertz CT molecular complexity index is 751. The van der Waals surface area contributed by atoms with E-state index >= 15 is 0 Å². The van der Waals surface area contributed by atoms with Crippen LogP contribution < -0.4 is 5.32 Å². The first-order valence-electron chi connectivity index (χ1n) is 8.52. The van der Waals surface area contributed by atoms with E-state index in [0.717, 1.165) is 29.7 Å². The maximum atomic E-state index is 12.5. The number of pyridine rings is 1. The number of anilines is 1. The molecule has 0 atom stereocenters. The van der Waals surface area contributed by atoms with Gasteiger partial charge in [0.1, 0.15) is 5.69 Å². The van der Waals surface area contributed by atoms with Crippen LogP contribution in [0, 0.1) is 13.8 Å². The molecule has 1 aromatic heterocycles. The van der Waals surface area contributed by atoms with Crippen LogP contribution in [0.25, 0.3) is 0 Å². The SMILES string of the molecule is CCCCN(C)C(=O)c1ccnc(C(=O)Nc2cc(C)cc(C)c2)c1. The summed E-state index contributed by atoms with van der Waals surface area (Å²) in [6.07, 6.45) is 3.47. The van der Waals surface area contributed by atoms with E-state index in [1.807, 2.05) is 32.0 Å². The number of benzene rings is 1. The number of carbonyl (C=O) groups excluding carboxylic acids is 2. The first-order chi connectivity index (χ1) is 11.9. The summed E-state index contributed by atoms with van der Waals surface area (Å²) in [5.41, 5.74) is 3.57. The van der Waals surface area contributed by atoms with Crippen molar-refractivity contribution >= 4 is 17.5 Å². The molecule has 0 bridgehead atoms. The van der Waals surface area contributed by atoms with Gasteiger partial charge in [-0.1, -0.05) is 19.4 Å². The van der Waals surface area contributed by atoms with E-state index in [1.54, 1.807) is 24.1 Å². The molecule has 5 nitrogen and oxygen atoms in total. The highest BCUT2D eigenvalue weighted by molar-refractivity contribution is 6.04. The first-order valence-corrected chi connectivity index (χ1v) is 8.52. The first kappa shape index (κ1) is 18.6. The van der Waals surface area contributed by atoms with Crippen molar-refractivity contribution in [3.8, 4) is 0 Å². The molecule has 0 unspecified atom stereocenters. The van der Waals surface area contributed by atoms with Crippen molar-refractivity contribution < 1.29 is 9.59 Å². The van der Waals surface area contributed by atoms with Gasteiger partial charge in [-0.25, -0.2) is 0 Å². The zero-order valence-electron chi connectivity index (χ0n) is 15.3. The molecule has 2 rings (SSSR count). The number of rotatable bonds is 6. The van der Waals surface area contributed by atoms with E-state index in [1.165, 1.54) is 6.20 Å². The lowest BCUT2D eigenvalue weighted by atomic mass is 10.1. The molecule has 0 radical (unpaired) electrons. The van der Waals surface area contributed by atoms with Crippen LogP contribution in [0.1, 0.15) is 51.7 Å². The predicted molar refractivity (Wildman–Crippen MR) is 100.0 cm³/mol. The van der Waals surface area contributed by atoms with E-state index in [2.05, 4.69) is 17.2 Å². The Kier molecular flexibility index (Phi) is 6.28. The minimum absolute atomic E-state index is 0.101. The van der Waals surface area contributed by atoms with Crippen molar-refractivity contribution in [2.45, 2.75) is 33.6 Å².